The first-order valence-corrected chi connectivity index (χ1v) is 11.1. The van der Waals surface area contributed by atoms with Crippen LogP contribution in [-0.2, 0) is 0 Å². The van der Waals surface area contributed by atoms with Crippen molar-refractivity contribution in [2.75, 3.05) is 23.3 Å². The van der Waals surface area contributed by atoms with Crippen molar-refractivity contribution in [1.82, 2.24) is 14.5 Å². The summed E-state index contributed by atoms with van der Waals surface area (Å²) in [5, 5.41) is 4.04. The third-order valence-corrected chi connectivity index (χ3v) is 6.10. The summed E-state index contributed by atoms with van der Waals surface area (Å²) in [6.07, 6.45) is 6.41. The molecule has 33 heavy (non-hydrogen) atoms. The number of rotatable bonds is 5. The lowest BCUT2D eigenvalue weighted by atomic mass is 10.1. The van der Waals surface area contributed by atoms with Crippen LogP contribution in [0.3, 0.4) is 0 Å². The summed E-state index contributed by atoms with van der Waals surface area (Å²) in [7, 11) is 0. The van der Waals surface area contributed by atoms with Gasteiger partial charge in [0.25, 0.3) is 5.91 Å². The van der Waals surface area contributed by atoms with E-state index in [1.165, 1.54) is 18.7 Å². The van der Waals surface area contributed by atoms with Crippen LogP contribution in [0.4, 0.5) is 21.7 Å². The van der Waals surface area contributed by atoms with E-state index in [0.29, 0.717) is 33.2 Å². The smallest absolute Gasteiger partial charge is 0.250 e. The standard InChI is InChI=1S/C24H22ClFN6O/c25-18-13-28-24(29-15-8-9-21(19(26)12-15)31-10-4-1-5-11-31)30-23(18)32-14-17(22(27)33)16-6-2-3-7-20(16)32/h2-3,6-9,12-14H,1,4-5,10-11H2,(H2,27,33)(H,28,29,30). The summed E-state index contributed by atoms with van der Waals surface area (Å²) in [6.45, 7) is 1.73. The Morgan fingerprint density at radius 3 is 2.67 bits per heavy atom. The zero-order chi connectivity index (χ0) is 22.9. The Hall–Kier alpha value is -3.65. The molecule has 0 atom stereocenters. The van der Waals surface area contributed by atoms with E-state index in [1.54, 1.807) is 22.9 Å². The summed E-state index contributed by atoms with van der Waals surface area (Å²) in [5.74, 6) is -0.211. The van der Waals surface area contributed by atoms with Crippen molar-refractivity contribution in [1.29, 1.82) is 0 Å². The van der Waals surface area contributed by atoms with Crippen LogP contribution >= 0.6 is 11.6 Å². The number of aromatic nitrogens is 3. The largest absolute Gasteiger partial charge is 0.369 e. The number of para-hydroxylation sites is 1. The zero-order valence-electron chi connectivity index (χ0n) is 17.8. The van der Waals surface area contributed by atoms with Crippen LogP contribution in [0.15, 0.2) is 54.9 Å². The molecular weight excluding hydrogens is 443 g/mol. The highest BCUT2D eigenvalue weighted by molar-refractivity contribution is 6.32. The number of piperidine rings is 1. The van der Waals surface area contributed by atoms with Gasteiger partial charge in [-0.3, -0.25) is 9.36 Å². The lowest BCUT2D eigenvalue weighted by molar-refractivity contribution is 0.100. The van der Waals surface area contributed by atoms with Gasteiger partial charge in [-0.05, 0) is 43.5 Å². The molecule has 0 spiro atoms. The molecule has 4 aromatic rings. The van der Waals surface area contributed by atoms with Gasteiger partial charge in [-0.1, -0.05) is 29.8 Å². The predicted molar refractivity (Wildman–Crippen MR) is 128 cm³/mol. The Labute approximate surface area is 195 Å². The number of nitrogens with one attached hydrogen (secondary N) is 1. The van der Waals surface area contributed by atoms with E-state index >= 15 is 0 Å². The van der Waals surface area contributed by atoms with Gasteiger partial charge in [0.05, 0.1) is 23.0 Å². The molecule has 3 heterocycles. The van der Waals surface area contributed by atoms with Crippen LogP contribution in [0.1, 0.15) is 29.6 Å². The SMILES string of the molecule is NC(=O)c1cn(-c2nc(Nc3ccc(N4CCCCC4)c(F)c3)ncc2Cl)c2ccccc12. The lowest BCUT2D eigenvalue weighted by Crippen LogP contribution is -2.30. The fraction of sp³-hybridized carbons (Fsp3) is 0.208. The molecule has 9 heteroatoms. The second kappa shape index (κ2) is 8.71. The molecule has 0 unspecified atom stereocenters. The Kier molecular flexibility index (Phi) is 5.60. The van der Waals surface area contributed by atoms with Crippen LogP contribution in [0.2, 0.25) is 5.02 Å². The first-order valence-electron chi connectivity index (χ1n) is 10.8. The fourth-order valence-corrected chi connectivity index (χ4v) is 4.43. The molecule has 0 saturated carbocycles. The second-order valence-electron chi connectivity index (χ2n) is 8.00. The van der Waals surface area contributed by atoms with Crippen LogP contribution in [-0.4, -0.2) is 33.5 Å². The van der Waals surface area contributed by atoms with Gasteiger partial charge in [-0.2, -0.15) is 4.98 Å². The molecule has 1 amide bonds. The number of carbonyl (C=O) groups is 1. The monoisotopic (exact) mass is 464 g/mol. The Morgan fingerprint density at radius 1 is 1.12 bits per heavy atom. The highest BCUT2D eigenvalue weighted by Crippen LogP contribution is 2.30. The van der Waals surface area contributed by atoms with Gasteiger partial charge in [-0.25, -0.2) is 9.37 Å². The maximum Gasteiger partial charge on any atom is 0.250 e. The van der Waals surface area contributed by atoms with Crippen LogP contribution in [0, 0.1) is 5.82 Å². The van der Waals surface area contributed by atoms with Crippen molar-refractivity contribution in [2.45, 2.75) is 19.3 Å². The van der Waals surface area contributed by atoms with Gasteiger partial charge >= 0.3 is 0 Å². The molecule has 168 valence electrons. The minimum Gasteiger partial charge on any atom is -0.369 e. The molecule has 1 aliphatic heterocycles. The van der Waals surface area contributed by atoms with Crippen LogP contribution in [0.25, 0.3) is 16.7 Å². The van der Waals surface area contributed by atoms with Crippen molar-refractivity contribution < 1.29 is 9.18 Å². The van der Waals surface area contributed by atoms with Crippen molar-refractivity contribution in [2.24, 2.45) is 5.73 Å². The van der Waals surface area contributed by atoms with E-state index in [2.05, 4.69) is 20.2 Å². The molecule has 5 rings (SSSR count). The average molecular weight is 465 g/mol. The van der Waals surface area contributed by atoms with E-state index in [4.69, 9.17) is 17.3 Å². The number of nitrogens with two attached hydrogens (primary N) is 1. The van der Waals surface area contributed by atoms with Crippen molar-refractivity contribution in [3.05, 3.63) is 71.3 Å². The van der Waals surface area contributed by atoms with E-state index < -0.39 is 5.91 Å². The van der Waals surface area contributed by atoms with Crippen molar-refractivity contribution in [3.63, 3.8) is 0 Å². The van der Waals surface area contributed by atoms with Gasteiger partial charge in [-0.15, -0.1) is 0 Å². The maximum atomic E-state index is 14.8. The lowest BCUT2D eigenvalue weighted by Gasteiger charge is -2.29. The average Bonchev–Trinajstić information content (AvgIpc) is 3.21. The van der Waals surface area contributed by atoms with E-state index in [0.717, 1.165) is 31.4 Å². The highest BCUT2D eigenvalue weighted by Gasteiger charge is 2.18. The first kappa shape index (κ1) is 21.2. The Balaban J connectivity index is 1.47. The number of amides is 1. The fourth-order valence-electron chi connectivity index (χ4n) is 4.24. The molecule has 2 aromatic carbocycles. The third-order valence-electron chi connectivity index (χ3n) is 5.83. The highest BCUT2D eigenvalue weighted by atomic mass is 35.5. The van der Waals surface area contributed by atoms with Crippen molar-refractivity contribution >= 4 is 45.7 Å². The summed E-state index contributed by atoms with van der Waals surface area (Å²) < 4.78 is 16.5. The van der Waals surface area contributed by atoms with Crippen LogP contribution in [0.5, 0.6) is 0 Å². The summed E-state index contributed by atoms with van der Waals surface area (Å²) in [6, 6.07) is 12.4. The van der Waals surface area contributed by atoms with Crippen molar-refractivity contribution in [3.8, 4) is 5.82 Å². The number of halogens is 2. The Bertz CT molecular complexity index is 1350. The van der Waals surface area contributed by atoms with Gasteiger partial charge in [0.15, 0.2) is 5.82 Å². The normalized spacial score (nSPS) is 13.9. The quantitative estimate of drug-likeness (QED) is 0.431. The Morgan fingerprint density at radius 2 is 1.91 bits per heavy atom. The second-order valence-corrected chi connectivity index (χ2v) is 8.41. The number of hydrogen-bond acceptors (Lipinski definition) is 5. The molecule has 1 aliphatic rings. The van der Waals surface area contributed by atoms with E-state index in [9.17, 15) is 9.18 Å². The number of carbonyl (C=O) groups excluding carboxylic acids is 1. The number of primary amides is 1. The van der Waals surface area contributed by atoms with Gasteiger partial charge < -0.3 is 16.0 Å². The predicted octanol–water partition coefficient (Wildman–Crippen LogP) is 5.05. The molecule has 3 N–H and O–H groups in total. The molecule has 0 bridgehead atoms. The molecule has 0 radical (unpaired) electrons. The number of hydrogen-bond donors (Lipinski definition) is 2. The van der Waals surface area contributed by atoms with Gasteiger partial charge in [0.1, 0.15) is 10.8 Å². The number of anilines is 3. The van der Waals surface area contributed by atoms with Crippen LogP contribution < -0.4 is 16.0 Å². The van der Waals surface area contributed by atoms with E-state index in [-0.39, 0.29) is 11.8 Å². The molecular formula is C24H22ClFN6O. The molecule has 2 aromatic heterocycles. The molecule has 7 nitrogen and oxygen atoms in total. The summed E-state index contributed by atoms with van der Waals surface area (Å²) >= 11 is 6.40. The molecule has 1 fully saturated rings. The summed E-state index contributed by atoms with van der Waals surface area (Å²) in [4.78, 5) is 22.8. The van der Waals surface area contributed by atoms with Gasteiger partial charge in [0.2, 0.25) is 5.95 Å². The maximum absolute atomic E-state index is 14.8. The third kappa shape index (κ3) is 4.09. The number of fused-ring (bicyclic) bond motifs is 1. The topological polar surface area (TPSA) is 89.1 Å². The minimum atomic E-state index is -0.544. The molecule has 0 aliphatic carbocycles. The number of benzene rings is 2. The minimum absolute atomic E-state index is 0.248. The molecule has 1 saturated heterocycles. The van der Waals surface area contributed by atoms with E-state index in [1.807, 2.05) is 24.3 Å². The zero-order valence-corrected chi connectivity index (χ0v) is 18.5. The summed E-state index contributed by atoms with van der Waals surface area (Å²) in [5.41, 5.74) is 7.78. The van der Waals surface area contributed by atoms with Gasteiger partial charge in [0, 0.05) is 30.4 Å². The first-order chi connectivity index (χ1) is 16.0. The number of nitrogens with zero attached hydrogens (tertiary/aromatic N) is 4.